The van der Waals surface area contributed by atoms with Gasteiger partial charge in [-0.25, -0.2) is 0 Å². The fourth-order valence-corrected chi connectivity index (χ4v) is 5.94. The van der Waals surface area contributed by atoms with Gasteiger partial charge in [-0.2, -0.15) is 0 Å². The normalized spacial score (nSPS) is 22.4. The predicted octanol–water partition coefficient (Wildman–Crippen LogP) is 3.30. The van der Waals surface area contributed by atoms with Gasteiger partial charge in [0.1, 0.15) is 0 Å². The molecule has 0 aromatic heterocycles. The van der Waals surface area contributed by atoms with Gasteiger partial charge in [0.25, 0.3) is 0 Å². The molecule has 1 saturated heterocycles. The van der Waals surface area contributed by atoms with E-state index in [2.05, 4.69) is 18.7 Å². The van der Waals surface area contributed by atoms with Gasteiger partial charge in [-0.15, -0.1) is 0 Å². The second-order valence-electron chi connectivity index (χ2n) is 5.81. The highest BCUT2D eigenvalue weighted by Crippen LogP contribution is 2.35. The Morgan fingerprint density at radius 3 is 2.30 bits per heavy atom. The minimum atomic E-state index is -2.52. The first-order valence-corrected chi connectivity index (χ1v) is 9.84. The average Bonchev–Trinajstić information content (AvgIpc) is 2.94. The fourth-order valence-electron chi connectivity index (χ4n) is 3.48. The number of likely N-dealkylation sites (tertiary alicyclic amines) is 1. The summed E-state index contributed by atoms with van der Waals surface area (Å²) >= 11 is 0. The number of hydrogen-bond acceptors (Lipinski definition) is 4. The van der Waals surface area contributed by atoms with Crippen LogP contribution in [0.1, 0.15) is 52.4 Å². The van der Waals surface area contributed by atoms with Gasteiger partial charge in [-0.1, -0.05) is 33.1 Å². The summed E-state index contributed by atoms with van der Waals surface area (Å²) in [6, 6.07) is 0.545. The van der Waals surface area contributed by atoms with Crippen molar-refractivity contribution in [2.75, 3.05) is 34.4 Å². The number of hydrogen-bond donors (Lipinski definition) is 0. The van der Waals surface area contributed by atoms with Gasteiger partial charge in [0, 0.05) is 32.9 Å². The Balaban J connectivity index is 2.58. The van der Waals surface area contributed by atoms with Crippen LogP contribution in [0.5, 0.6) is 0 Å². The van der Waals surface area contributed by atoms with Crippen molar-refractivity contribution in [3.8, 4) is 0 Å². The first kappa shape index (κ1) is 18.1. The van der Waals surface area contributed by atoms with Gasteiger partial charge < -0.3 is 18.2 Å². The molecule has 1 fully saturated rings. The molecule has 1 heterocycles. The van der Waals surface area contributed by atoms with Crippen LogP contribution in [0.25, 0.3) is 0 Å². The van der Waals surface area contributed by atoms with E-state index in [0.29, 0.717) is 11.6 Å². The lowest BCUT2D eigenvalue weighted by atomic mass is 10.1. The zero-order valence-corrected chi connectivity index (χ0v) is 15.0. The van der Waals surface area contributed by atoms with Crippen molar-refractivity contribution < 1.29 is 13.3 Å². The van der Waals surface area contributed by atoms with E-state index in [1.54, 1.807) is 21.3 Å². The Bertz CT molecular complexity index is 253. The van der Waals surface area contributed by atoms with E-state index in [1.807, 2.05) is 0 Å². The van der Waals surface area contributed by atoms with Crippen LogP contribution in [0.15, 0.2) is 0 Å². The molecular formula is C15H33NO3Si. The maximum absolute atomic E-state index is 5.67. The lowest BCUT2D eigenvalue weighted by molar-refractivity contribution is 0.0953. The zero-order chi connectivity index (χ0) is 15.0. The highest BCUT2D eigenvalue weighted by Gasteiger charge is 2.50. The molecule has 0 radical (unpaired) electrons. The van der Waals surface area contributed by atoms with Crippen molar-refractivity contribution >= 4 is 8.80 Å². The van der Waals surface area contributed by atoms with E-state index in [1.165, 1.54) is 51.6 Å². The molecule has 4 nitrogen and oxygen atoms in total. The lowest BCUT2D eigenvalue weighted by Crippen LogP contribution is -2.53. The van der Waals surface area contributed by atoms with Gasteiger partial charge in [0.15, 0.2) is 0 Å². The second-order valence-corrected chi connectivity index (χ2v) is 9.15. The van der Waals surface area contributed by atoms with Crippen LogP contribution < -0.4 is 0 Å². The Labute approximate surface area is 126 Å². The van der Waals surface area contributed by atoms with Gasteiger partial charge in [0.05, 0.1) is 0 Å². The minimum Gasteiger partial charge on any atom is -0.377 e. The molecular weight excluding hydrogens is 270 g/mol. The van der Waals surface area contributed by atoms with Crippen LogP contribution >= 0.6 is 0 Å². The molecule has 0 aromatic carbocycles. The SMILES string of the molecule is CCCCCCN1CCCC1C(C)[Si](OC)(OC)OC. The van der Waals surface area contributed by atoms with Crippen LogP contribution in [0.3, 0.4) is 0 Å². The third kappa shape index (κ3) is 4.27. The monoisotopic (exact) mass is 303 g/mol. The first-order valence-electron chi connectivity index (χ1n) is 8.04. The first-order chi connectivity index (χ1) is 9.65. The Morgan fingerprint density at radius 2 is 1.75 bits per heavy atom. The van der Waals surface area contributed by atoms with E-state index >= 15 is 0 Å². The molecule has 20 heavy (non-hydrogen) atoms. The summed E-state index contributed by atoms with van der Waals surface area (Å²) in [7, 11) is 2.63. The van der Waals surface area contributed by atoms with Crippen LogP contribution in [-0.2, 0) is 13.3 Å². The Hall–Kier alpha value is 0.0569. The highest BCUT2D eigenvalue weighted by molar-refractivity contribution is 6.62. The van der Waals surface area contributed by atoms with Crippen molar-refractivity contribution in [3.63, 3.8) is 0 Å². The Kier molecular flexibility index (Phi) is 8.29. The number of rotatable bonds is 10. The zero-order valence-electron chi connectivity index (χ0n) is 14.0. The molecule has 0 bridgehead atoms. The minimum absolute atomic E-state index is 0.330. The van der Waals surface area contributed by atoms with E-state index in [4.69, 9.17) is 13.3 Å². The van der Waals surface area contributed by atoms with E-state index < -0.39 is 8.80 Å². The molecule has 1 aliphatic heterocycles. The van der Waals surface area contributed by atoms with Crippen LogP contribution in [0.2, 0.25) is 5.54 Å². The largest absolute Gasteiger partial charge is 0.504 e. The summed E-state index contributed by atoms with van der Waals surface area (Å²) in [5.74, 6) is 0. The molecule has 0 amide bonds. The van der Waals surface area contributed by atoms with Crippen LogP contribution in [0, 0.1) is 0 Å². The molecule has 0 aromatic rings. The maximum atomic E-state index is 5.67. The molecule has 0 saturated carbocycles. The second kappa shape index (κ2) is 9.15. The molecule has 5 heteroatoms. The van der Waals surface area contributed by atoms with E-state index in [9.17, 15) is 0 Å². The number of nitrogens with zero attached hydrogens (tertiary/aromatic N) is 1. The third-order valence-electron chi connectivity index (χ3n) is 4.70. The van der Waals surface area contributed by atoms with E-state index in [-0.39, 0.29) is 0 Å². The van der Waals surface area contributed by atoms with Gasteiger partial charge >= 0.3 is 8.80 Å². The highest BCUT2D eigenvalue weighted by atomic mass is 28.4. The van der Waals surface area contributed by atoms with Crippen molar-refractivity contribution in [1.29, 1.82) is 0 Å². The summed E-state index contributed by atoms with van der Waals surface area (Å²) in [6.45, 7) is 6.91. The molecule has 120 valence electrons. The summed E-state index contributed by atoms with van der Waals surface area (Å²) in [5, 5.41) is 0. The molecule has 0 spiro atoms. The quantitative estimate of drug-likeness (QED) is 0.458. The molecule has 1 aliphatic rings. The smallest absolute Gasteiger partial charge is 0.377 e. The Morgan fingerprint density at radius 1 is 1.10 bits per heavy atom. The number of unbranched alkanes of at least 4 members (excludes halogenated alkanes) is 3. The van der Waals surface area contributed by atoms with E-state index in [0.717, 1.165) is 0 Å². The summed E-state index contributed by atoms with van der Waals surface area (Å²) in [6.07, 6.45) is 7.81. The van der Waals surface area contributed by atoms with Gasteiger partial charge in [-0.3, -0.25) is 0 Å². The molecule has 2 unspecified atom stereocenters. The lowest BCUT2D eigenvalue weighted by Gasteiger charge is -2.37. The van der Waals surface area contributed by atoms with Crippen molar-refractivity contribution in [1.82, 2.24) is 4.90 Å². The molecule has 2 atom stereocenters. The summed E-state index contributed by atoms with van der Waals surface area (Å²) in [4.78, 5) is 2.62. The van der Waals surface area contributed by atoms with Crippen molar-refractivity contribution in [3.05, 3.63) is 0 Å². The van der Waals surface area contributed by atoms with Crippen molar-refractivity contribution in [2.24, 2.45) is 0 Å². The summed E-state index contributed by atoms with van der Waals surface area (Å²) in [5.41, 5.74) is 0.330. The fraction of sp³-hybridized carbons (Fsp3) is 1.00. The summed E-state index contributed by atoms with van der Waals surface area (Å²) < 4.78 is 17.0. The van der Waals surface area contributed by atoms with Gasteiger partial charge in [-0.05, 0) is 32.4 Å². The van der Waals surface area contributed by atoms with Crippen molar-refractivity contribution in [2.45, 2.75) is 64.0 Å². The van der Waals surface area contributed by atoms with Gasteiger partial charge in [0.2, 0.25) is 0 Å². The van der Waals surface area contributed by atoms with Crippen LogP contribution in [-0.4, -0.2) is 54.2 Å². The topological polar surface area (TPSA) is 30.9 Å². The maximum Gasteiger partial charge on any atom is 0.504 e. The molecule has 0 aliphatic carbocycles. The molecule has 1 rings (SSSR count). The standard InChI is InChI=1S/C15H33NO3Si/c1-6-7-8-9-12-16-13-10-11-15(16)14(2)20(17-3,18-4)19-5/h14-15H,6-13H2,1-5H3. The average molecular weight is 304 g/mol. The third-order valence-corrected chi connectivity index (χ3v) is 7.91. The predicted molar refractivity (Wildman–Crippen MR) is 84.9 cm³/mol. The van der Waals surface area contributed by atoms with Crippen LogP contribution in [0.4, 0.5) is 0 Å². The molecule has 0 N–H and O–H groups in total.